The molecule has 2 heterocycles. The van der Waals surface area contributed by atoms with Crippen LogP contribution in [0.1, 0.15) is 5.56 Å². The summed E-state index contributed by atoms with van der Waals surface area (Å²) in [7, 11) is 0. The van der Waals surface area contributed by atoms with Crippen LogP contribution in [-0.2, 0) is 0 Å². The maximum atomic E-state index is 7.58. The Bertz CT molecular complexity index is 1520. The zero-order valence-corrected chi connectivity index (χ0v) is 15.1. The van der Waals surface area contributed by atoms with E-state index in [9.17, 15) is 0 Å². The van der Waals surface area contributed by atoms with E-state index in [1.807, 2.05) is 24.3 Å². The van der Waals surface area contributed by atoms with Crippen molar-refractivity contribution in [2.24, 2.45) is 5.73 Å². The molecule has 3 N–H and O–H groups in total. The molecule has 0 aliphatic rings. The SMILES string of the molecule is N=C(N)c1ccc(-c2ccc3c4cccc5c6ccccc6n(c3c2)c54)cc1. The number of hydrogen-bond donors (Lipinski definition) is 2. The second-order valence-corrected chi connectivity index (χ2v) is 7.28. The minimum absolute atomic E-state index is 0.0946. The summed E-state index contributed by atoms with van der Waals surface area (Å²) < 4.78 is 2.39. The van der Waals surface area contributed by atoms with E-state index < -0.39 is 0 Å². The molecule has 4 aromatic carbocycles. The number of fused-ring (bicyclic) bond motifs is 6. The fourth-order valence-electron chi connectivity index (χ4n) is 4.45. The highest BCUT2D eigenvalue weighted by Crippen LogP contribution is 2.39. The van der Waals surface area contributed by atoms with Crippen molar-refractivity contribution in [3.8, 4) is 11.1 Å². The zero-order chi connectivity index (χ0) is 18.8. The smallest absolute Gasteiger partial charge is 0.122 e. The minimum Gasteiger partial charge on any atom is -0.384 e. The van der Waals surface area contributed by atoms with Gasteiger partial charge in [-0.1, -0.05) is 72.8 Å². The molecule has 0 amide bonds. The van der Waals surface area contributed by atoms with Gasteiger partial charge in [0.2, 0.25) is 0 Å². The van der Waals surface area contributed by atoms with Crippen molar-refractivity contribution < 1.29 is 0 Å². The second kappa shape index (κ2) is 5.33. The zero-order valence-electron chi connectivity index (χ0n) is 15.1. The molecule has 6 rings (SSSR count). The van der Waals surface area contributed by atoms with E-state index in [-0.39, 0.29) is 5.84 Å². The van der Waals surface area contributed by atoms with Gasteiger partial charge in [-0.25, -0.2) is 0 Å². The standard InChI is InChI=1S/C25H17N3/c26-25(27)16-10-8-15(9-11-16)17-12-13-19-21-6-3-5-20-18-4-1-2-7-22(18)28(24(20)21)23(19)14-17/h1-14H,(H3,26,27). The van der Waals surface area contributed by atoms with Crippen LogP contribution >= 0.6 is 0 Å². The molecule has 2 aromatic heterocycles. The molecule has 6 aromatic rings. The molecular formula is C25H17N3. The first-order valence-corrected chi connectivity index (χ1v) is 9.34. The van der Waals surface area contributed by atoms with E-state index in [1.54, 1.807) is 0 Å². The van der Waals surface area contributed by atoms with Crippen LogP contribution in [0.3, 0.4) is 0 Å². The molecule has 3 heteroatoms. The summed E-state index contributed by atoms with van der Waals surface area (Å²) >= 11 is 0. The average molecular weight is 359 g/mol. The first-order chi connectivity index (χ1) is 13.7. The van der Waals surface area contributed by atoms with Crippen molar-refractivity contribution in [1.29, 1.82) is 5.41 Å². The largest absolute Gasteiger partial charge is 0.384 e. The normalized spacial score (nSPS) is 11.9. The van der Waals surface area contributed by atoms with Crippen LogP contribution in [0.5, 0.6) is 0 Å². The Labute approximate surface area is 161 Å². The molecule has 0 saturated heterocycles. The predicted octanol–water partition coefficient (Wildman–Crippen LogP) is 5.79. The van der Waals surface area contributed by atoms with Crippen LogP contribution in [0.4, 0.5) is 0 Å². The molecule has 132 valence electrons. The third-order valence-electron chi connectivity index (χ3n) is 5.75. The number of nitrogen functional groups attached to an aromatic ring is 1. The lowest BCUT2D eigenvalue weighted by Crippen LogP contribution is -2.10. The Morgan fingerprint density at radius 1 is 0.643 bits per heavy atom. The summed E-state index contributed by atoms with van der Waals surface area (Å²) in [6.07, 6.45) is 0. The molecule has 0 aliphatic heterocycles. The van der Waals surface area contributed by atoms with Gasteiger partial charge in [0.05, 0.1) is 16.6 Å². The van der Waals surface area contributed by atoms with Crippen LogP contribution in [-0.4, -0.2) is 10.2 Å². The fraction of sp³-hybridized carbons (Fsp3) is 0. The lowest BCUT2D eigenvalue weighted by Gasteiger charge is -2.05. The van der Waals surface area contributed by atoms with Crippen molar-refractivity contribution >= 4 is 43.9 Å². The van der Waals surface area contributed by atoms with Gasteiger partial charge in [0.25, 0.3) is 0 Å². The maximum absolute atomic E-state index is 7.58. The predicted molar refractivity (Wildman–Crippen MR) is 118 cm³/mol. The first kappa shape index (κ1) is 15.2. The number of rotatable bonds is 2. The summed E-state index contributed by atoms with van der Waals surface area (Å²) in [6.45, 7) is 0. The lowest BCUT2D eigenvalue weighted by molar-refractivity contribution is 1.37. The number of nitrogens with one attached hydrogen (secondary N) is 1. The lowest BCUT2D eigenvalue weighted by atomic mass is 10.0. The number of para-hydroxylation sites is 2. The topological polar surface area (TPSA) is 54.3 Å². The highest BCUT2D eigenvalue weighted by atomic mass is 14.9. The molecule has 28 heavy (non-hydrogen) atoms. The number of nitrogens with zero attached hydrogens (tertiary/aromatic N) is 1. The van der Waals surface area contributed by atoms with Crippen molar-refractivity contribution in [1.82, 2.24) is 4.40 Å². The Balaban J connectivity index is 1.70. The highest BCUT2D eigenvalue weighted by molar-refractivity contribution is 6.23. The van der Waals surface area contributed by atoms with E-state index in [2.05, 4.69) is 65.1 Å². The molecule has 0 aliphatic carbocycles. The Kier molecular flexibility index (Phi) is 2.90. The van der Waals surface area contributed by atoms with E-state index in [4.69, 9.17) is 11.1 Å². The van der Waals surface area contributed by atoms with E-state index in [0.717, 1.165) is 16.7 Å². The van der Waals surface area contributed by atoms with Crippen LogP contribution < -0.4 is 5.73 Å². The van der Waals surface area contributed by atoms with Gasteiger partial charge in [-0.3, -0.25) is 5.41 Å². The Morgan fingerprint density at radius 3 is 2.04 bits per heavy atom. The molecule has 0 spiro atoms. The molecule has 0 atom stereocenters. The van der Waals surface area contributed by atoms with Crippen LogP contribution in [0.2, 0.25) is 0 Å². The van der Waals surface area contributed by atoms with Crippen LogP contribution in [0.25, 0.3) is 49.2 Å². The van der Waals surface area contributed by atoms with Crippen molar-refractivity contribution in [2.45, 2.75) is 0 Å². The number of amidine groups is 1. The number of benzene rings is 4. The average Bonchev–Trinajstić information content (AvgIpc) is 3.25. The summed E-state index contributed by atoms with van der Waals surface area (Å²) in [5, 5.41) is 12.7. The Hall–Kier alpha value is -3.85. The number of aromatic nitrogens is 1. The van der Waals surface area contributed by atoms with Gasteiger partial charge in [0.15, 0.2) is 0 Å². The summed E-state index contributed by atoms with van der Waals surface area (Å²) in [4.78, 5) is 0. The summed E-state index contributed by atoms with van der Waals surface area (Å²) in [5.41, 5.74) is 12.4. The fourth-order valence-corrected chi connectivity index (χ4v) is 4.45. The van der Waals surface area contributed by atoms with Gasteiger partial charge < -0.3 is 10.1 Å². The van der Waals surface area contributed by atoms with Gasteiger partial charge in [0.1, 0.15) is 5.84 Å². The molecule has 0 unspecified atom stereocenters. The molecule has 0 fully saturated rings. The Morgan fingerprint density at radius 2 is 1.29 bits per heavy atom. The third kappa shape index (κ3) is 1.90. The molecular weight excluding hydrogens is 342 g/mol. The third-order valence-corrected chi connectivity index (χ3v) is 5.75. The van der Waals surface area contributed by atoms with Gasteiger partial charge in [-0.15, -0.1) is 0 Å². The molecule has 0 saturated carbocycles. The first-order valence-electron chi connectivity index (χ1n) is 9.34. The minimum atomic E-state index is 0.0946. The van der Waals surface area contributed by atoms with Gasteiger partial charge in [0, 0.05) is 27.1 Å². The van der Waals surface area contributed by atoms with Gasteiger partial charge in [-0.05, 0) is 23.3 Å². The molecule has 3 nitrogen and oxygen atoms in total. The quantitative estimate of drug-likeness (QED) is 0.298. The molecule has 0 radical (unpaired) electrons. The van der Waals surface area contributed by atoms with Crippen LogP contribution in [0, 0.1) is 5.41 Å². The summed E-state index contributed by atoms with van der Waals surface area (Å²) in [6, 6.07) is 29.7. The van der Waals surface area contributed by atoms with Gasteiger partial charge in [-0.2, -0.15) is 0 Å². The highest BCUT2D eigenvalue weighted by Gasteiger charge is 2.17. The second-order valence-electron chi connectivity index (χ2n) is 7.28. The van der Waals surface area contributed by atoms with Crippen LogP contribution in [0.15, 0.2) is 84.9 Å². The van der Waals surface area contributed by atoms with Gasteiger partial charge >= 0.3 is 0 Å². The maximum Gasteiger partial charge on any atom is 0.122 e. The monoisotopic (exact) mass is 359 g/mol. The van der Waals surface area contributed by atoms with E-state index in [0.29, 0.717) is 0 Å². The summed E-state index contributed by atoms with van der Waals surface area (Å²) in [5.74, 6) is 0.0946. The van der Waals surface area contributed by atoms with E-state index in [1.165, 1.54) is 38.1 Å². The van der Waals surface area contributed by atoms with Crippen molar-refractivity contribution in [3.63, 3.8) is 0 Å². The van der Waals surface area contributed by atoms with Crippen molar-refractivity contribution in [2.75, 3.05) is 0 Å². The number of hydrogen-bond acceptors (Lipinski definition) is 1. The number of nitrogens with two attached hydrogens (primary N) is 1. The van der Waals surface area contributed by atoms with Crippen molar-refractivity contribution in [3.05, 3.63) is 90.5 Å². The molecule has 0 bridgehead atoms. The van der Waals surface area contributed by atoms with E-state index >= 15 is 0 Å².